The largest absolute Gasteiger partial charge is 0.462 e. The lowest BCUT2D eigenvalue weighted by Gasteiger charge is -2.32. The van der Waals surface area contributed by atoms with Crippen LogP contribution in [0.15, 0.2) is 0 Å². The number of hydrogen-bond acceptors (Lipinski definition) is 4. The molecule has 3 saturated carbocycles. The van der Waals surface area contributed by atoms with Gasteiger partial charge in [0.15, 0.2) is 0 Å². The Hall–Kier alpha value is -1.06. The van der Waals surface area contributed by atoms with Gasteiger partial charge in [0.05, 0.1) is 11.8 Å². The minimum Gasteiger partial charge on any atom is -0.462 e. The van der Waals surface area contributed by atoms with E-state index in [1.165, 1.54) is 51.4 Å². The molecule has 0 heterocycles. The van der Waals surface area contributed by atoms with Crippen LogP contribution in [0.4, 0.5) is 0 Å². The van der Waals surface area contributed by atoms with Crippen molar-refractivity contribution in [3.05, 3.63) is 0 Å². The monoisotopic (exact) mass is 420 g/mol. The third kappa shape index (κ3) is 6.99. The van der Waals surface area contributed by atoms with Gasteiger partial charge in [-0.2, -0.15) is 0 Å². The molecule has 172 valence electrons. The Bertz CT molecular complexity index is 473. The maximum absolute atomic E-state index is 12.6. The van der Waals surface area contributed by atoms with Crippen molar-refractivity contribution in [3.63, 3.8) is 0 Å². The molecule has 0 unspecified atom stereocenters. The maximum atomic E-state index is 12.6. The van der Waals surface area contributed by atoms with Crippen LogP contribution in [-0.4, -0.2) is 24.1 Å². The Morgan fingerprint density at radius 2 is 0.900 bits per heavy atom. The first-order chi connectivity index (χ1) is 14.6. The second-order valence-corrected chi connectivity index (χ2v) is 10.3. The van der Waals surface area contributed by atoms with E-state index in [1.807, 2.05) is 0 Å². The van der Waals surface area contributed by atoms with Crippen molar-refractivity contribution in [2.75, 3.05) is 0 Å². The van der Waals surface area contributed by atoms with Crippen molar-refractivity contribution in [1.82, 2.24) is 0 Å². The number of ether oxygens (including phenoxy) is 2. The van der Waals surface area contributed by atoms with Crippen LogP contribution in [0.25, 0.3) is 0 Å². The van der Waals surface area contributed by atoms with Gasteiger partial charge in [0.25, 0.3) is 0 Å². The van der Waals surface area contributed by atoms with Crippen molar-refractivity contribution >= 4 is 11.9 Å². The minimum absolute atomic E-state index is 0.0185. The zero-order valence-corrected chi connectivity index (χ0v) is 19.4. The first kappa shape index (κ1) is 23.6. The molecule has 0 amide bonds. The summed E-state index contributed by atoms with van der Waals surface area (Å²) in [6.07, 6.45) is 17.3. The standard InChI is InChI=1S/C26H44O4/c1-3-5-19-7-15-23(16-8-19)29-25(27)21-11-13-22(14-12-21)26(28)30-24-17-9-20(6-4-2)10-18-24/h19-24H,3-18H2,1-2H3. The lowest BCUT2D eigenvalue weighted by atomic mass is 9.81. The summed E-state index contributed by atoms with van der Waals surface area (Å²) >= 11 is 0. The van der Waals surface area contributed by atoms with Gasteiger partial charge in [-0.05, 0) is 88.9 Å². The predicted molar refractivity (Wildman–Crippen MR) is 119 cm³/mol. The average Bonchev–Trinajstić information content (AvgIpc) is 2.77. The molecule has 3 fully saturated rings. The molecule has 4 heteroatoms. The van der Waals surface area contributed by atoms with Crippen LogP contribution in [0.2, 0.25) is 0 Å². The minimum atomic E-state index is -0.0214. The lowest BCUT2D eigenvalue weighted by molar-refractivity contribution is -0.162. The topological polar surface area (TPSA) is 52.6 Å². The van der Waals surface area contributed by atoms with Crippen LogP contribution < -0.4 is 0 Å². The van der Waals surface area contributed by atoms with E-state index in [0.717, 1.165) is 63.2 Å². The van der Waals surface area contributed by atoms with Gasteiger partial charge in [-0.1, -0.05) is 39.5 Å². The molecule has 30 heavy (non-hydrogen) atoms. The van der Waals surface area contributed by atoms with E-state index in [1.54, 1.807) is 0 Å². The van der Waals surface area contributed by atoms with Gasteiger partial charge in [0.1, 0.15) is 12.2 Å². The first-order valence-corrected chi connectivity index (χ1v) is 13.0. The second-order valence-electron chi connectivity index (χ2n) is 10.3. The first-order valence-electron chi connectivity index (χ1n) is 13.0. The maximum Gasteiger partial charge on any atom is 0.309 e. The smallest absolute Gasteiger partial charge is 0.309 e. The van der Waals surface area contributed by atoms with Crippen LogP contribution in [0.3, 0.4) is 0 Å². The van der Waals surface area contributed by atoms with E-state index in [9.17, 15) is 9.59 Å². The molecule has 0 aromatic heterocycles. The highest BCUT2D eigenvalue weighted by atomic mass is 16.5. The molecule has 0 aliphatic heterocycles. The summed E-state index contributed by atoms with van der Waals surface area (Å²) in [6.45, 7) is 4.49. The quantitative estimate of drug-likeness (QED) is 0.415. The van der Waals surface area contributed by atoms with Gasteiger partial charge in [0.2, 0.25) is 0 Å². The van der Waals surface area contributed by atoms with E-state index in [2.05, 4.69) is 13.8 Å². The Labute approximate surface area is 183 Å². The number of hydrogen-bond donors (Lipinski definition) is 0. The molecule has 4 nitrogen and oxygen atoms in total. The van der Waals surface area contributed by atoms with Crippen molar-refractivity contribution < 1.29 is 19.1 Å². The highest BCUT2D eigenvalue weighted by molar-refractivity contribution is 5.75. The molecule has 3 aliphatic rings. The van der Waals surface area contributed by atoms with E-state index in [4.69, 9.17) is 9.47 Å². The summed E-state index contributed by atoms with van der Waals surface area (Å²) in [5.74, 6) is 1.57. The van der Waals surface area contributed by atoms with Gasteiger partial charge >= 0.3 is 11.9 Å². The molecule has 0 aromatic rings. The highest BCUT2D eigenvalue weighted by Crippen LogP contribution is 2.35. The fourth-order valence-corrected chi connectivity index (χ4v) is 5.98. The third-order valence-electron chi connectivity index (χ3n) is 7.94. The zero-order valence-electron chi connectivity index (χ0n) is 19.4. The van der Waals surface area contributed by atoms with Gasteiger partial charge in [-0.15, -0.1) is 0 Å². The van der Waals surface area contributed by atoms with Crippen molar-refractivity contribution in [2.45, 2.75) is 129 Å². The fraction of sp³-hybridized carbons (Fsp3) is 0.923. The number of carbonyl (C=O) groups excluding carboxylic acids is 2. The summed E-state index contributed by atoms with van der Waals surface area (Å²) in [6, 6.07) is 0. The average molecular weight is 421 g/mol. The molecule has 3 rings (SSSR count). The fourth-order valence-electron chi connectivity index (χ4n) is 5.98. The molecule has 0 saturated heterocycles. The van der Waals surface area contributed by atoms with Crippen LogP contribution in [0.5, 0.6) is 0 Å². The van der Waals surface area contributed by atoms with Crippen LogP contribution in [-0.2, 0) is 19.1 Å². The van der Waals surface area contributed by atoms with Gasteiger partial charge in [-0.3, -0.25) is 9.59 Å². The second kappa shape index (κ2) is 12.1. The summed E-state index contributed by atoms with van der Waals surface area (Å²) in [7, 11) is 0. The number of rotatable bonds is 8. The number of carbonyl (C=O) groups is 2. The molecule has 0 radical (unpaired) electrons. The van der Waals surface area contributed by atoms with Crippen molar-refractivity contribution in [2.24, 2.45) is 23.7 Å². The molecule has 3 aliphatic carbocycles. The summed E-state index contributed by atoms with van der Waals surface area (Å²) in [5.41, 5.74) is 0. The Balaban J connectivity index is 1.32. The van der Waals surface area contributed by atoms with Crippen LogP contribution in [0, 0.1) is 23.7 Å². The predicted octanol–water partition coefficient (Wildman–Crippen LogP) is 6.60. The molecular weight excluding hydrogens is 376 g/mol. The summed E-state index contributed by atoms with van der Waals surface area (Å²) in [5, 5.41) is 0. The SMILES string of the molecule is CCCC1CCC(OC(=O)C2CCC(C(=O)OC3CCC(CCC)CC3)CC2)CC1. The van der Waals surface area contributed by atoms with Gasteiger partial charge in [0, 0.05) is 0 Å². The Morgan fingerprint density at radius 3 is 1.20 bits per heavy atom. The molecule has 0 atom stereocenters. The summed E-state index contributed by atoms with van der Waals surface area (Å²) in [4.78, 5) is 25.2. The molecule has 0 spiro atoms. The van der Waals surface area contributed by atoms with Crippen molar-refractivity contribution in [1.29, 1.82) is 0 Å². The molecule has 0 N–H and O–H groups in total. The van der Waals surface area contributed by atoms with Crippen LogP contribution >= 0.6 is 0 Å². The summed E-state index contributed by atoms with van der Waals surface area (Å²) < 4.78 is 11.7. The lowest BCUT2D eigenvalue weighted by Crippen LogP contribution is -2.33. The molecule has 0 aromatic carbocycles. The van der Waals surface area contributed by atoms with E-state index in [0.29, 0.717) is 0 Å². The highest BCUT2D eigenvalue weighted by Gasteiger charge is 2.34. The van der Waals surface area contributed by atoms with Gasteiger partial charge < -0.3 is 9.47 Å². The molecular formula is C26H44O4. The van der Waals surface area contributed by atoms with Crippen molar-refractivity contribution in [3.8, 4) is 0 Å². The normalized spacial score (nSPS) is 34.9. The zero-order chi connectivity index (χ0) is 21.3. The van der Waals surface area contributed by atoms with E-state index >= 15 is 0 Å². The Kier molecular flexibility index (Phi) is 9.52. The third-order valence-corrected chi connectivity index (χ3v) is 7.94. The van der Waals surface area contributed by atoms with E-state index < -0.39 is 0 Å². The van der Waals surface area contributed by atoms with Gasteiger partial charge in [-0.25, -0.2) is 0 Å². The number of esters is 2. The Morgan fingerprint density at radius 1 is 0.567 bits per heavy atom. The van der Waals surface area contributed by atoms with Crippen LogP contribution in [0.1, 0.15) is 117 Å². The molecule has 0 bridgehead atoms. The van der Waals surface area contributed by atoms with E-state index in [-0.39, 0.29) is 36.0 Å².